The van der Waals surface area contributed by atoms with Gasteiger partial charge < -0.3 is 9.47 Å². The molecular weight excluding hydrogens is 494 g/mol. The summed E-state index contributed by atoms with van der Waals surface area (Å²) in [4.78, 5) is 6.69. The standard InChI is InChI=1S/C24H29ClF6N4/c1-15-11-16(2)20(18(25)12-15)35-9-4-8-34-19(21(24(29,30)31)32-22(34)35)13-33(14-23(26,27)28)10-7-17-5-3-6-17/h11-12,17H,3-10,13-14H2,1-2H3. The summed E-state index contributed by atoms with van der Waals surface area (Å²) in [6.07, 6.45) is -5.28. The van der Waals surface area contributed by atoms with Gasteiger partial charge in [0.1, 0.15) is 0 Å². The fourth-order valence-electron chi connectivity index (χ4n) is 5.08. The second-order valence-corrected chi connectivity index (χ2v) is 10.1. The summed E-state index contributed by atoms with van der Waals surface area (Å²) in [6, 6.07) is 3.63. The van der Waals surface area contributed by atoms with Crippen molar-refractivity contribution < 1.29 is 26.3 Å². The Morgan fingerprint density at radius 2 is 1.77 bits per heavy atom. The molecule has 0 spiro atoms. The first-order valence-electron chi connectivity index (χ1n) is 11.8. The molecular formula is C24H29ClF6N4. The Balaban J connectivity index is 1.73. The average Bonchev–Trinajstić information content (AvgIpc) is 3.04. The second kappa shape index (κ2) is 9.84. The summed E-state index contributed by atoms with van der Waals surface area (Å²) in [5.74, 6) is 0.410. The van der Waals surface area contributed by atoms with Crippen molar-refractivity contribution in [1.82, 2.24) is 14.5 Å². The Bertz CT molecular complexity index is 1030. The molecule has 2 aliphatic rings. The van der Waals surface area contributed by atoms with Crippen LogP contribution in [0.2, 0.25) is 5.02 Å². The highest BCUT2D eigenvalue weighted by Crippen LogP contribution is 2.42. The van der Waals surface area contributed by atoms with Crippen molar-refractivity contribution in [1.29, 1.82) is 0 Å². The molecule has 11 heteroatoms. The Morgan fingerprint density at radius 3 is 2.34 bits per heavy atom. The number of fused-ring (bicyclic) bond motifs is 1. The zero-order valence-electron chi connectivity index (χ0n) is 19.7. The van der Waals surface area contributed by atoms with E-state index in [0.717, 1.165) is 35.3 Å². The minimum Gasteiger partial charge on any atom is -0.312 e. The van der Waals surface area contributed by atoms with Gasteiger partial charge in [-0.3, -0.25) is 4.90 Å². The fraction of sp³-hybridized carbons (Fsp3) is 0.625. The molecule has 1 aromatic carbocycles. The number of anilines is 2. The van der Waals surface area contributed by atoms with Gasteiger partial charge in [-0.15, -0.1) is 0 Å². The van der Waals surface area contributed by atoms with Gasteiger partial charge in [-0.1, -0.05) is 36.9 Å². The highest BCUT2D eigenvalue weighted by Gasteiger charge is 2.42. The molecule has 2 heterocycles. The lowest BCUT2D eigenvalue weighted by Gasteiger charge is -2.33. The SMILES string of the molecule is Cc1cc(C)c(N2CCCn3c2nc(C(F)(F)F)c3CN(CCC2CCC2)CC(F)(F)F)c(Cl)c1. The van der Waals surface area contributed by atoms with E-state index < -0.39 is 31.1 Å². The van der Waals surface area contributed by atoms with Gasteiger partial charge in [0.25, 0.3) is 0 Å². The molecule has 35 heavy (non-hydrogen) atoms. The molecule has 4 nitrogen and oxygen atoms in total. The van der Waals surface area contributed by atoms with Crippen LogP contribution in [0.4, 0.5) is 38.0 Å². The highest BCUT2D eigenvalue weighted by molar-refractivity contribution is 6.33. The number of benzene rings is 1. The van der Waals surface area contributed by atoms with Crippen LogP contribution >= 0.6 is 11.6 Å². The van der Waals surface area contributed by atoms with Gasteiger partial charge in [-0.25, -0.2) is 4.98 Å². The maximum Gasteiger partial charge on any atom is 0.435 e. The molecule has 0 radical (unpaired) electrons. The van der Waals surface area contributed by atoms with Crippen LogP contribution in [0.25, 0.3) is 0 Å². The number of nitrogens with zero attached hydrogens (tertiary/aromatic N) is 4. The first-order valence-corrected chi connectivity index (χ1v) is 12.2. The van der Waals surface area contributed by atoms with Crippen molar-refractivity contribution in [3.05, 3.63) is 39.7 Å². The summed E-state index contributed by atoms with van der Waals surface area (Å²) in [7, 11) is 0. The Kier molecular flexibility index (Phi) is 7.35. The Labute approximate surface area is 205 Å². The van der Waals surface area contributed by atoms with Gasteiger partial charge in [0.2, 0.25) is 5.95 Å². The van der Waals surface area contributed by atoms with E-state index in [1.807, 2.05) is 19.9 Å². The van der Waals surface area contributed by atoms with Crippen molar-refractivity contribution in [3.63, 3.8) is 0 Å². The molecule has 4 rings (SSSR count). The van der Waals surface area contributed by atoms with Crippen molar-refractivity contribution in [2.24, 2.45) is 5.92 Å². The molecule has 0 unspecified atom stereocenters. The van der Waals surface area contributed by atoms with E-state index in [1.165, 1.54) is 4.57 Å². The van der Waals surface area contributed by atoms with E-state index in [4.69, 9.17) is 11.6 Å². The van der Waals surface area contributed by atoms with Crippen LogP contribution in [0.1, 0.15) is 54.6 Å². The number of aryl methyl sites for hydroxylation is 2. The van der Waals surface area contributed by atoms with E-state index in [2.05, 4.69) is 4.98 Å². The normalized spacial score (nSPS) is 17.1. The summed E-state index contributed by atoms with van der Waals surface area (Å²) in [6.45, 7) is 2.72. The highest BCUT2D eigenvalue weighted by atomic mass is 35.5. The number of hydrogen-bond acceptors (Lipinski definition) is 3. The molecule has 194 valence electrons. The minimum atomic E-state index is -4.80. The third-order valence-corrected chi connectivity index (χ3v) is 7.14. The van der Waals surface area contributed by atoms with Crippen molar-refractivity contribution in [3.8, 4) is 0 Å². The number of rotatable bonds is 7. The topological polar surface area (TPSA) is 24.3 Å². The quantitative estimate of drug-likeness (QED) is 0.357. The zero-order chi connectivity index (χ0) is 25.5. The average molecular weight is 523 g/mol. The van der Waals surface area contributed by atoms with E-state index in [9.17, 15) is 26.3 Å². The van der Waals surface area contributed by atoms with Gasteiger partial charge >= 0.3 is 12.4 Å². The largest absolute Gasteiger partial charge is 0.435 e. The lowest BCUT2D eigenvalue weighted by Crippen LogP contribution is -2.37. The van der Waals surface area contributed by atoms with Crippen LogP contribution in [-0.2, 0) is 19.3 Å². The second-order valence-electron chi connectivity index (χ2n) is 9.69. The lowest BCUT2D eigenvalue weighted by molar-refractivity contribution is -0.149. The molecule has 0 amide bonds. The summed E-state index contributed by atoms with van der Waals surface area (Å²) in [5, 5.41) is 0.397. The van der Waals surface area contributed by atoms with Gasteiger partial charge in [-0.05, 0) is 56.3 Å². The Hall–Kier alpha value is -1.94. The molecule has 1 aliphatic carbocycles. The first kappa shape index (κ1) is 26.1. The third kappa shape index (κ3) is 5.90. The molecule has 1 fully saturated rings. The molecule has 1 saturated carbocycles. The minimum absolute atomic E-state index is 0.0679. The number of aromatic nitrogens is 2. The van der Waals surface area contributed by atoms with Crippen molar-refractivity contribution >= 4 is 23.2 Å². The van der Waals surface area contributed by atoms with Crippen LogP contribution in [0.15, 0.2) is 12.1 Å². The molecule has 1 aromatic heterocycles. The van der Waals surface area contributed by atoms with Gasteiger partial charge in [0.15, 0.2) is 5.69 Å². The van der Waals surface area contributed by atoms with E-state index in [1.54, 1.807) is 11.0 Å². The van der Waals surface area contributed by atoms with Crippen LogP contribution < -0.4 is 4.90 Å². The molecule has 0 N–H and O–H groups in total. The predicted octanol–water partition coefficient (Wildman–Crippen LogP) is 7.27. The molecule has 1 aliphatic heterocycles. The number of alkyl halides is 6. The lowest BCUT2D eigenvalue weighted by atomic mass is 9.83. The number of imidazole rings is 1. The third-order valence-electron chi connectivity index (χ3n) is 6.85. The predicted molar refractivity (Wildman–Crippen MR) is 123 cm³/mol. The zero-order valence-corrected chi connectivity index (χ0v) is 20.5. The fourth-order valence-corrected chi connectivity index (χ4v) is 5.50. The molecule has 0 saturated heterocycles. The summed E-state index contributed by atoms with van der Waals surface area (Å²) >= 11 is 6.48. The summed E-state index contributed by atoms with van der Waals surface area (Å²) < 4.78 is 83.6. The van der Waals surface area contributed by atoms with E-state index in [0.29, 0.717) is 36.0 Å². The monoisotopic (exact) mass is 522 g/mol. The maximum atomic E-state index is 14.1. The number of hydrogen-bond donors (Lipinski definition) is 0. The van der Waals surface area contributed by atoms with Gasteiger partial charge in [-0.2, -0.15) is 26.3 Å². The van der Waals surface area contributed by atoms with Gasteiger partial charge in [0.05, 0.1) is 22.9 Å². The van der Waals surface area contributed by atoms with Gasteiger partial charge in [0, 0.05) is 19.6 Å². The van der Waals surface area contributed by atoms with Crippen LogP contribution in [0.3, 0.4) is 0 Å². The molecule has 0 bridgehead atoms. The van der Waals surface area contributed by atoms with Crippen molar-refractivity contribution in [2.45, 2.75) is 71.4 Å². The van der Waals surface area contributed by atoms with Crippen LogP contribution in [-0.4, -0.2) is 40.3 Å². The Morgan fingerprint density at radius 1 is 1.06 bits per heavy atom. The molecule has 2 aromatic rings. The first-order chi connectivity index (χ1) is 16.3. The smallest absolute Gasteiger partial charge is 0.312 e. The van der Waals surface area contributed by atoms with E-state index >= 15 is 0 Å². The molecule has 0 atom stereocenters. The maximum absolute atomic E-state index is 14.1. The van der Waals surface area contributed by atoms with Crippen LogP contribution in [0.5, 0.6) is 0 Å². The van der Waals surface area contributed by atoms with Crippen molar-refractivity contribution in [2.75, 3.05) is 24.5 Å². The van der Waals surface area contributed by atoms with E-state index in [-0.39, 0.29) is 24.7 Å². The number of halogens is 7. The summed E-state index contributed by atoms with van der Waals surface area (Å²) in [5.41, 5.74) is 0.927. The van der Waals surface area contributed by atoms with Crippen LogP contribution in [0, 0.1) is 19.8 Å².